The fourth-order valence-electron chi connectivity index (χ4n) is 14.0. The minimum atomic E-state index is -0.788. The molecular formula is C53H40B30F2N4O3. The predicted octanol–water partition coefficient (Wildman–Crippen LogP) is 2.23. The average molecular weight is 1140 g/mol. The summed E-state index contributed by atoms with van der Waals surface area (Å²) in [5.41, 5.74) is 8.59. The molecule has 394 valence electrons. The second-order valence-electron chi connectivity index (χ2n) is 25.5. The van der Waals surface area contributed by atoms with Crippen LogP contribution in [0.2, 0.25) is 36.4 Å². The highest BCUT2D eigenvalue weighted by Gasteiger charge is 2.52. The van der Waals surface area contributed by atoms with Gasteiger partial charge in [-0.1, -0.05) is 61.4 Å². The first-order chi connectivity index (χ1) is 44.1. The molecule has 8 bridgehead atoms. The fourth-order valence-corrected chi connectivity index (χ4v) is 14.0. The summed E-state index contributed by atoms with van der Waals surface area (Å²) in [6.07, 6.45) is 2.76. The molecule has 3 saturated heterocycles. The highest BCUT2D eigenvalue weighted by Crippen LogP contribution is 2.45. The van der Waals surface area contributed by atoms with Gasteiger partial charge in [-0.2, -0.15) is 0 Å². The van der Waals surface area contributed by atoms with Gasteiger partial charge in [-0.25, -0.2) is 18.7 Å². The quantitative estimate of drug-likeness (QED) is 0.0860. The second-order valence-corrected chi connectivity index (χ2v) is 25.5. The minimum absolute atomic E-state index is 0.0715. The number of ether oxygens (including phenoxy) is 3. The third-order valence-electron chi connectivity index (χ3n) is 19.1. The van der Waals surface area contributed by atoms with Crippen molar-refractivity contribution in [2.75, 3.05) is 19.8 Å². The summed E-state index contributed by atoms with van der Waals surface area (Å²) in [5, 5.41) is 0. The van der Waals surface area contributed by atoms with E-state index >= 15 is 8.78 Å². The predicted molar refractivity (Wildman–Crippen MR) is 415 cm³/mol. The van der Waals surface area contributed by atoms with Crippen LogP contribution in [0.3, 0.4) is 0 Å². The highest BCUT2D eigenvalue weighted by atomic mass is 19.1. The van der Waals surface area contributed by atoms with Crippen LogP contribution in [0.4, 0.5) is 8.78 Å². The number of benzene rings is 4. The Bertz CT molecular complexity index is 4010. The van der Waals surface area contributed by atoms with Gasteiger partial charge in [0, 0.05) is 237 Å². The van der Waals surface area contributed by atoms with Crippen LogP contribution in [0.25, 0.3) is 90.9 Å². The molecule has 0 aliphatic carbocycles. The molecule has 0 spiro atoms. The number of nitrogens with zero attached hydrogens (tertiary/aromatic N) is 2. The van der Waals surface area contributed by atoms with E-state index in [2.05, 4.69) is 9.97 Å². The normalized spacial score (nSPS) is 15.7. The van der Waals surface area contributed by atoms with E-state index in [1.165, 1.54) is 18.2 Å². The molecule has 3 aromatic heterocycles. The molecule has 39 heteroatoms. The third-order valence-corrected chi connectivity index (χ3v) is 19.1. The van der Waals surface area contributed by atoms with Crippen molar-refractivity contribution in [2.24, 2.45) is 0 Å². The summed E-state index contributed by atoms with van der Waals surface area (Å²) in [6, 6.07) is 34.7. The topological polar surface area (TPSA) is 85.1 Å². The van der Waals surface area contributed by atoms with Crippen LogP contribution in [-0.4, -0.2) is 252 Å². The zero-order valence-electron chi connectivity index (χ0n) is 50.9. The lowest BCUT2D eigenvalue weighted by atomic mass is 8.57. The summed E-state index contributed by atoms with van der Waals surface area (Å²) in [5.74, 6) is 0.581. The molecule has 8 heterocycles. The molecule has 5 aliphatic heterocycles. The molecule has 7 aromatic rings. The number of halogens is 2. The molecule has 7 nitrogen and oxygen atoms in total. The summed E-state index contributed by atoms with van der Waals surface area (Å²) in [4.78, 5) is 18.1. The molecule has 92 heavy (non-hydrogen) atoms. The van der Waals surface area contributed by atoms with E-state index in [0.29, 0.717) is 93.0 Å². The maximum Gasteiger partial charge on any atom is 0.134 e. The Hall–Kier alpha value is -5.31. The van der Waals surface area contributed by atoms with Gasteiger partial charge in [-0.3, -0.25) is 0 Å². The zero-order valence-corrected chi connectivity index (χ0v) is 50.9. The summed E-state index contributed by atoms with van der Waals surface area (Å²) in [7, 11) is 92.8. The van der Waals surface area contributed by atoms with E-state index in [1.807, 2.05) is 109 Å². The molecule has 0 amide bonds. The van der Waals surface area contributed by atoms with Gasteiger partial charge in [-0.15, -0.1) is 0 Å². The van der Waals surface area contributed by atoms with Crippen molar-refractivity contribution in [3.63, 3.8) is 0 Å². The van der Waals surface area contributed by atoms with Gasteiger partial charge in [0.2, 0.25) is 0 Å². The summed E-state index contributed by atoms with van der Waals surface area (Å²) < 4.78 is 52.7. The first-order valence-corrected chi connectivity index (χ1v) is 31.3. The first kappa shape index (κ1) is 66.7. The monoisotopic (exact) mass is 1150 g/mol. The van der Waals surface area contributed by atoms with Crippen molar-refractivity contribution in [2.45, 2.75) is 36.4 Å². The Kier molecular flexibility index (Phi) is 20.4. The first-order valence-electron chi connectivity index (χ1n) is 31.3. The highest BCUT2D eigenvalue weighted by molar-refractivity contribution is 8.02. The molecule has 30 radical (unpaired) electrons. The van der Waals surface area contributed by atoms with Crippen LogP contribution in [0.5, 0.6) is 17.2 Å². The van der Waals surface area contributed by atoms with Gasteiger partial charge in [-0.05, 0) is 131 Å². The molecule has 3 unspecified atom stereocenters. The SMILES string of the molecule is [B]B([B])B([B])B(B([B])[B])B1CC1COc1cccc(-c2c3nc(c(-c4cccc(OCC5CB5B(B([B])[B])B([B])B([B])[B])c4)c4ccc([nH]4)c(-c4c(F)cccc4F)c4nc(c(-c5cccc(OCC6CB6B(B([B])[B])B([B])B([B])[B])c5)c5ccc2[nH]5)C=C4)C=C3)c1. The molecule has 0 saturated carbocycles. The van der Waals surface area contributed by atoms with E-state index in [1.54, 1.807) is 12.1 Å². The maximum absolute atomic E-state index is 16.5. The molecular weight excluding hydrogens is 1100 g/mol. The number of nitrogens with one attached hydrogen (secondary N) is 2. The van der Waals surface area contributed by atoms with Gasteiger partial charge in [0.1, 0.15) is 28.9 Å². The zero-order chi connectivity index (χ0) is 65.0. The van der Waals surface area contributed by atoms with Gasteiger partial charge in [0.25, 0.3) is 0 Å². The van der Waals surface area contributed by atoms with Crippen LogP contribution in [0.15, 0.2) is 115 Å². The molecule has 3 fully saturated rings. The molecule has 2 N–H and O–H groups in total. The number of H-pyrrole nitrogens is 2. The van der Waals surface area contributed by atoms with E-state index in [0.717, 1.165) is 41.2 Å². The van der Waals surface area contributed by atoms with Crippen molar-refractivity contribution < 1.29 is 23.0 Å². The second kappa shape index (κ2) is 28.2. The Morgan fingerprint density at radius 2 is 0.652 bits per heavy atom. The number of aromatic amines is 2. The van der Waals surface area contributed by atoms with Crippen molar-refractivity contribution >= 4 is 259 Å². The number of hydrogen-bond acceptors (Lipinski definition) is 5. The van der Waals surface area contributed by atoms with Gasteiger partial charge in [0.05, 0.1) is 68.0 Å². The molecule has 3 atom stereocenters. The van der Waals surface area contributed by atoms with Gasteiger partial charge in [0.15, 0.2) is 0 Å². The fraction of sp³-hybridized carbons (Fsp3) is 0.170. The van der Waals surface area contributed by atoms with Crippen molar-refractivity contribution in [3.8, 4) is 61.8 Å². The van der Waals surface area contributed by atoms with E-state index in [4.69, 9.17) is 140 Å². The molecule has 12 rings (SSSR count). The van der Waals surface area contributed by atoms with E-state index < -0.39 is 69.1 Å². The van der Waals surface area contributed by atoms with Crippen molar-refractivity contribution in [3.05, 3.63) is 150 Å². The Balaban J connectivity index is 1.01. The van der Waals surface area contributed by atoms with E-state index in [9.17, 15) is 0 Å². The standard InChI is InChI=1S/C53H40B30F2N4O3/c54-72(55)78(66)81(75(60)61)69-24-33(69)27-90-36-8-1-5-30(21-36)49-41-13-15-43(86-41)50(31-6-2-9-37(22-31)91-28-34-25-70(34)82(76(62)63)79(67)73(56)57)45-17-19-47(88-45)53(52-39(84)11-4-12-40(52)85)48-20-18-46(89-48)51(44-16-14-42(49)87-44)32-7-3-10-38(23-32)92-29-35-26-71(35)83(77(64)65)80(68)74(58)59/h1-23,33-35,86,89H,24-29H2. The summed E-state index contributed by atoms with van der Waals surface area (Å²) >= 11 is 0. The lowest BCUT2D eigenvalue weighted by molar-refractivity contribution is 0.326. The lowest BCUT2D eigenvalue weighted by Gasteiger charge is -2.25. The van der Waals surface area contributed by atoms with Gasteiger partial charge >= 0.3 is 0 Å². The van der Waals surface area contributed by atoms with Crippen LogP contribution >= 0.6 is 0 Å². The van der Waals surface area contributed by atoms with Crippen LogP contribution < -0.4 is 14.2 Å². The smallest absolute Gasteiger partial charge is 0.134 e. The summed E-state index contributed by atoms with van der Waals surface area (Å²) in [6.45, 7) is 1.32. The molecule has 4 aromatic carbocycles. The third kappa shape index (κ3) is 14.3. The van der Waals surface area contributed by atoms with Crippen LogP contribution in [-0.2, 0) is 0 Å². The number of rotatable bonds is 25. The lowest BCUT2D eigenvalue weighted by Crippen LogP contribution is -2.63. The average Bonchev–Trinajstić information content (AvgIpc) is 1.61. The van der Waals surface area contributed by atoms with Crippen molar-refractivity contribution in [1.29, 1.82) is 0 Å². The molecule has 5 aliphatic rings. The number of fused-ring (bicyclic) bond motifs is 8. The van der Waals surface area contributed by atoms with E-state index in [-0.39, 0.29) is 67.5 Å². The van der Waals surface area contributed by atoms with Crippen LogP contribution in [0, 0.1) is 11.6 Å². The van der Waals surface area contributed by atoms with Crippen molar-refractivity contribution in [1.82, 2.24) is 19.9 Å². The Labute approximate surface area is 565 Å². The minimum Gasteiger partial charge on any atom is -0.494 e. The van der Waals surface area contributed by atoms with Crippen LogP contribution in [0.1, 0.15) is 22.8 Å². The number of hydrogen-bond donors (Lipinski definition) is 2. The Morgan fingerprint density at radius 1 is 0.370 bits per heavy atom. The maximum atomic E-state index is 16.5. The number of aromatic nitrogens is 4. The largest absolute Gasteiger partial charge is 0.494 e. The van der Waals surface area contributed by atoms with Gasteiger partial charge < -0.3 is 24.2 Å². The Morgan fingerprint density at radius 3 is 0.946 bits per heavy atom.